The summed E-state index contributed by atoms with van der Waals surface area (Å²) in [6.07, 6.45) is 0.839. The molecule has 0 saturated carbocycles. The highest BCUT2D eigenvalue weighted by Crippen LogP contribution is 2.24. The maximum absolute atomic E-state index is 12.7. The summed E-state index contributed by atoms with van der Waals surface area (Å²) in [7, 11) is 0. The lowest BCUT2D eigenvalue weighted by molar-refractivity contribution is -0.155. The summed E-state index contributed by atoms with van der Waals surface area (Å²) in [4.78, 5) is 26.9. The van der Waals surface area contributed by atoms with Crippen molar-refractivity contribution in [3.8, 4) is 0 Å². The molecule has 2 aromatic carbocycles. The van der Waals surface area contributed by atoms with Crippen molar-refractivity contribution < 1.29 is 14.3 Å². The van der Waals surface area contributed by atoms with Gasteiger partial charge in [-0.3, -0.25) is 4.79 Å². The third-order valence-electron chi connectivity index (χ3n) is 4.72. The Bertz CT molecular complexity index is 800. The lowest BCUT2D eigenvalue weighted by Gasteiger charge is -2.27. The van der Waals surface area contributed by atoms with Crippen molar-refractivity contribution in [3.63, 3.8) is 0 Å². The number of rotatable bonds is 6. The van der Waals surface area contributed by atoms with E-state index in [4.69, 9.17) is 4.74 Å². The Morgan fingerprint density at radius 3 is 2.14 bits per heavy atom. The molecule has 1 fully saturated rings. The number of hydrogen-bond acceptors (Lipinski definition) is 3. The molecule has 0 aliphatic carbocycles. The third kappa shape index (κ3) is 5.35. The zero-order chi connectivity index (χ0) is 20.1. The number of esters is 1. The van der Waals surface area contributed by atoms with Crippen LogP contribution in [0.4, 0.5) is 4.79 Å². The first-order valence-electron chi connectivity index (χ1n) is 9.69. The van der Waals surface area contributed by atoms with E-state index in [1.54, 1.807) is 0 Å². The molecular weight excluding hydrogens is 352 g/mol. The van der Waals surface area contributed by atoms with E-state index in [0.29, 0.717) is 13.0 Å². The standard InChI is InChI=1S/C23H28N2O3/c1-23(2,3)28-21(26)15-19-20(14-17-10-6-4-7-11-17)25(22(27)24-19)16-18-12-8-5-9-13-18/h4-13,19-20H,14-16H2,1-3H3,(H,24,27)/t19-,20-/m0/s1. The van der Waals surface area contributed by atoms with E-state index in [9.17, 15) is 9.59 Å². The molecular formula is C23H28N2O3. The molecule has 2 aromatic rings. The van der Waals surface area contributed by atoms with Gasteiger partial charge in [0, 0.05) is 6.54 Å². The van der Waals surface area contributed by atoms with Crippen LogP contribution in [0, 0.1) is 0 Å². The molecule has 5 nitrogen and oxygen atoms in total. The van der Waals surface area contributed by atoms with Crippen LogP contribution >= 0.6 is 0 Å². The predicted octanol–water partition coefficient (Wildman–Crippen LogP) is 3.92. The van der Waals surface area contributed by atoms with E-state index in [1.165, 1.54) is 0 Å². The second-order valence-electron chi connectivity index (χ2n) is 8.22. The highest BCUT2D eigenvalue weighted by Gasteiger charge is 2.40. The van der Waals surface area contributed by atoms with E-state index in [-0.39, 0.29) is 30.5 Å². The van der Waals surface area contributed by atoms with Crippen LogP contribution in [0.25, 0.3) is 0 Å². The normalized spacial score (nSPS) is 19.4. The highest BCUT2D eigenvalue weighted by atomic mass is 16.6. The molecule has 3 rings (SSSR count). The summed E-state index contributed by atoms with van der Waals surface area (Å²) in [6, 6.07) is 19.4. The molecule has 1 aliphatic rings. The molecule has 28 heavy (non-hydrogen) atoms. The maximum Gasteiger partial charge on any atom is 0.318 e. The first kappa shape index (κ1) is 19.9. The van der Waals surface area contributed by atoms with Crippen LogP contribution < -0.4 is 5.32 Å². The first-order chi connectivity index (χ1) is 13.3. The van der Waals surface area contributed by atoms with Crippen molar-refractivity contribution >= 4 is 12.0 Å². The second kappa shape index (κ2) is 8.46. The highest BCUT2D eigenvalue weighted by molar-refractivity contribution is 5.80. The Morgan fingerprint density at radius 1 is 1.00 bits per heavy atom. The van der Waals surface area contributed by atoms with Gasteiger partial charge in [-0.05, 0) is 38.3 Å². The fourth-order valence-electron chi connectivity index (χ4n) is 3.53. The Labute approximate surface area is 166 Å². The minimum Gasteiger partial charge on any atom is -0.460 e. The number of nitrogens with one attached hydrogen (secondary N) is 1. The lowest BCUT2D eigenvalue weighted by atomic mass is 9.97. The maximum atomic E-state index is 12.7. The molecule has 0 bridgehead atoms. The molecule has 1 saturated heterocycles. The van der Waals surface area contributed by atoms with E-state index >= 15 is 0 Å². The zero-order valence-electron chi connectivity index (χ0n) is 16.7. The fourth-order valence-corrected chi connectivity index (χ4v) is 3.53. The Balaban J connectivity index is 1.79. The number of urea groups is 1. The molecule has 0 radical (unpaired) electrons. The summed E-state index contributed by atoms with van der Waals surface area (Å²) in [5, 5.41) is 3.00. The van der Waals surface area contributed by atoms with Gasteiger partial charge in [-0.2, -0.15) is 0 Å². The molecule has 148 valence electrons. The monoisotopic (exact) mass is 380 g/mol. The van der Waals surface area contributed by atoms with Gasteiger partial charge in [-0.15, -0.1) is 0 Å². The molecule has 1 aliphatic heterocycles. The molecule has 0 aromatic heterocycles. The molecule has 2 atom stereocenters. The van der Waals surface area contributed by atoms with Gasteiger partial charge >= 0.3 is 12.0 Å². The van der Waals surface area contributed by atoms with E-state index in [2.05, 4.69) is 5.32 Å². The molecule has 2 amide bonds. The van der Waals surface area contributed by atoms with Crippen LogP contribution in [-0.2, 0) is 22.5 Å². The van der Waals surface area contributed by atoms with Crippen molar-refractivity contribution in [2.24, 2.45) is 0 Å². The SMILES string of the molecule is CC(C)(C)OC(=O)C[C@@H]1NC(=O)N(Cc2ccccc2)[C@H]1Cc1ccccc1. The van der Waals surface area contributed by atoms with E-state index in [0.717, 1.165) is 11.1 Å². The average molecular weight is 380 g/mol. The van der Waals surface area contributed by atoms with Crippen LogP contribution in [0.1, 0.15) is 38.3 Å². The van der Waals surface area contributed by atoms with Crippen molar-refractivity contribution in [1.82, 2.24) is 10.2 Å². The van der Waals surface area contributed by atoms with Crippen LogP contribution in [0.5, 0.6) is 0 Å². The van der Waals surface area contributed by atoms with Crippen LogP contribution in [0.3, 0.4) is 0 Å². The molecule has 1 N–H and O–H groups in total. The van der Waals surface area contributed by atoms with Gasteiger partial charge < -0.3 is 15.0 Å². The Kier molecular flexibility index (Phi) is 6.02. The number of benzene rings is 2. The van der Waals surface area contributed by atoms with Crippen LogP contribution in [0.2, 0.25) is 0 Å². The second-order valence-corrected chi connectivity index (χ2v) is 8.22. The lowest BCUT2D eigenvalue weighted by Crippen LogP contribution is -2.40. The molecule has 0 spiro atoms. The molecule has 1 heterocycles. The van der Waals surface area contributed by atoms with Crippen LogP contribution in [-0.4, -0.2) is 34.6 Å². The smallest absolute Gasteiger partial charge is 0.318 e. The minimum atomic E-state index is -0.543. The van der Waals surface area contributed by atoms with Gasteiger partial charge in [0.25, 0.3) is 0 Å². The topological polar surface area (TPSA) is 58.6 Å². The van der Waals surface area contributed by atoms with Crippen molar-refractivity contribution in [3.05, 3.63) is 71.8 Å². The Morgan fingerprint density at radius 2 is 1.57 bits per heavy atom. The summed E-state index contributed by atoms with van der Waals surface area (Å²) in [6.45, 7) is 6.05. The Hall–Kier alpha value is -2.82. The van der Waals surface area contributed by atoms with Crippen molar-refractivity contribution in [2.75, 3.05) is 0 Å². The quantitative estimate of drug-likeness (QED) is 0.773. The van der Waals surface area contributed by atoms with Gasteiger partial charge in [0.15, 0.2) is 0 Å². The van der Waals surface area contributed by atoms with Crippen molar-refractivity contribution in [2.45, 2.75) is 57.8 Å². The average Bonchev–Trinajstić information content (AvgIpc) is 2.90. The van der Waals surface area contributed by atoms with Crippen LogP contribution in [0.15, 0.2) is 60.7 Å². The predicted molar refractivity (Wildman–Crippen MR) is 109 cm³/mol. The van der Waals surface area contributed by atoms with Gasteiger partial charge in [0.1, 0.15) is 5.60 Å². The zero-order valence-corrected chi connectivity index (χ0v) is 16.7. The van der Waals surface area contributed by atoms with Gasteiger partial charge in [0.2, 0.25) is 0 Å². The molecule has 0 unspecified atom stereocenters. The first-order valence-corrected chi connectivity index (χ1v) is 9.69. The van der Waals surface area contributed by atoms with Crippen molar-refractivity contribution in [1.29, 1.82) is 0 Å². The number of nitrogens with zero attached hydrogens (tertiary/aromatic N) is 1. The number of amides is 2. The third-order valence-corrected chi connectivity index (χ3v) is 4.72. The van der Waals surface area contributed by atoms with E-state index < -0.39 is 5.60 Å². The fraction of sp³-hybridized carbons (Fsp3) is 0.391. The molecule has 5 heteroatoms. The number of ether oxygens (including phenoxy) is 1. The number of carbonyl (C=O) groups excluding carboxylic acids is 2. The van der Waals surface area contributed by atoms with Gasteiger partial charge in [-0.1, -0.05) is 60.7 Å². The summed E-state index contributed by atoms with van der Waals surface area (Å²) >= 11 is 0. The summed E-state index contributed by atoms with van der Waals surface area (Å²) in [5.41, 5.74) is 1.66. The minimum absolute atomic E-state index is 0.123. The summed E-state index contributed by atoms with van der Waals surface area (Å²) in [5.74, 6) is -0.294. The summed E-state index contributed by atoms with van der Waals surface area (Å²) < 4.78 is 5.48. The van der Waals surface area contributed by atoms with Gasteiger partial charge in [0.05, 0.1) is 18.5 Å². The van der Waals surface area contributed by atoms with E-state index in [1.807, 2.05) is 86.3 Å². The number of hydrogen-bond donors (Lipinski definition) is 1. The van der Waals surface area contributed by atoms with Gasteiger partial charge in [-0.25, -0.2) is 4.79 Å². The largest absolute Gasteiger partial charge is 0.460 e. The number of carbonyl (C=O) groups is 2.